The minimum atomic E-state index is -1.02. The Balaban J connectivity index is 4.11. The van der Waals surface area contributed by atoms with Crippen molar-refractivity contribution in [1.82, 2.24) is 4.90 Å². The molecule has 6 nitrogen and oxygen atoms in total. The Bertz CT molecular complexity index is 264. The number of aliphatic carboxylic acids is 2. The summed E-state index contributed by atoms with van der Waals surface area (Å²) in [5.74, 6) is -2.29. The van der Waals surface area contributed by atoms with E-state index < -0.39 is 11.9 Å². The van der Waals surface area contributed by atoms with Gasteiger partial charge in [0.2, 0.25) is 5.91 Å². The van der Waals surface area contributed by atoms with Crippen molar-refractivity contribution < 1.29 is 24.6 Å². The third kappa shape index (κ3) is 6.80. The van der Waals surface area contributed by atoms with Crippen LogP contribution >= 0.6 is 0 Å². The summed E-state index contributed by atoms with van der Waals surface area (Å²) in [7, 11) is 0. The van der Waals surface area contributed by atoms with E-state index >= 15 is 0 Å². The molecule has 0 bridgehead atoms. The van der Waals surface area contributed by atoms with Crippen LogP contribution < -0.4 is 0 Å². The van der Waals surface area contributed by atoms with Crippen LogP contribution in [0, 0.1) is 0 Å². The van der Waals surface area contributed by atoms with Crippen LogP contribution in [-0.2, 0) is 14.4 Å². The number of hydrogen-bond donors (Lipinski definition) is 2. The fraction of sp³-hybridized carbons (Fsp3) is 0.700. The molecule has 16 heavy (non-hydrogen) atoms. The van der Waals surface area contributed by atoms with E-state index in [1.54, 1.807) is 0 Å². The van der Waals surface area contributed by atoms with Gasteiger partial charge in [-0.2, -0.15) is 0 Å². The summed E-state index contributed by atoms with van der Waals surface area (Å²) < 4.78 is 0. The first-order chi connectivity index (χ1) is 7.47. The Kier molecular flexibility index (Phi) is 6.91. The van der Waals surface area contributed by atoms with Gasteiger partial charge < -0.3 is 15.1 Å². The topological polar surface area (TPSA) is 94.9 Å². The van der Waals surface area contributed by atoms with Gasteiger partial charge in [0.25, 0.3) is 0 Å². The maximum atomic E-state index is 11.5. The van der Waals surface area contributed by atoms with E-state index in [9.17, 15) is 14.4 Å². The summed E-state index contributed by atoms with van der Waals surface area (Å²) in [6, 6.07) is 0. The van der Waals surface area contributed by atoms with Gasteiger partial charge in [-0.3, -0.25) is 14.4 Å². The van der Waals surface area contributed by atoms with Crippen molar-refractivity contribution in [2.45, 2.75) is 32.6 Å². The zero-order valence-corrected chi connectivity index (χ0v) is 9.31. The van der Waals surface area contributed by atoms with Crippen molar-refractivity contribution in [3.63, 3.8) is 0 Å². The maximum absolute atomic E-state index is 11.5. The molecule has 0 unspecified atom stereocenters. The fourth-order valence-corrected chi connectivity index (χ4v) is 1.23. The first kappa shape index (κ1) is 14.4. The highest BCUT2D eigenvalue weighted by Crippen LogP contribution is 2.01. The van der Waals surface area contributed by atoms with Gasteiger partial charge in [0.15, 0.2) is 0 Å². The molecule has 0 spiro atoms. The van der Waals surface area contributed by atoms with Gasteiger partial charge in [-0.1, -0.05) is 6.92 Å². The van der Waals surface area contributed by atoms with E-state index in [0.29, 0.717) is 6.54 Å². The SMILES string of the molecule is CCCN(CCC(=O)O)C(=O)CCC(=O)O. The molecule has 0 heterocycles. The van der Waals surface area contributed by atoms with Crippen molar-refractivity contribution in [2.75, 3.05) is 13.1 Å². The van der Waals surface area contributed by atoms with Crippen molar-refractivity contribution >= 4 is 17.8 Å². The standard InChI is InChI=1S/C10H17NO5/c1-2-6-11(7-5-10(15)16)8(12)3-4-9(13)14/h2-7H2,1H3,(H,13,14)(H,15,16). The molecule has 0 aliphatic rings. The molecule has 0 rings (SSSR count). The smallest absolute Gasteiger partial charge is 0.305 e. The third-order valence-corrected chi connectivity index (χ3v) is 1.99. The highest BCUT2D eigenvalue weighted by molar-refractivity contribution is 5.81. The Hall–Kier alpha value is -1.59. The molecule has 0 saturated carbocycles. The second kappa shape index (κ2) is 7.67. The van der Waals surface area contributed by atoms with Crippen LogP contribution in [0.25, 0.3) is 0 Å². The molecular weight excluding hydrogens is 214 g/mol. The summed E-state index contributed by atoms with van der Waals surface area (Å²) in [5, 5.41) is 16.9. The summed E-state index contributed by atoms with van der Waals surface area (Å²) in [6.07, 6.45) is 0.318. The number of nitrogens with zero attached hydrogens (tertiary/aromatic N) is 1. The lowest BCUT2D eigenvalue weighted by molar-refractivity contribution is -0.142. The summed E-state index contributed by atoms with van der Waals surface area (Å²) >= 11 is 0. The van der Waals surface area contributed by atoms with E-state index in [4.69, 9.17) is 10.2 Å². The fourth-order valence-electron chi connectivity index (χ4n) is 1.23. The van der Waals surface area contributed by atoms with E-state index in [1.807, 2.05) is 6.92 Å². The normalized spacial score (nSPS) is 9.81. The molecule has 0 radical (unpaired) electrons. The number of rotatable bonds is 8. The van der Waals surface area contributed by atoms with Gasteiger partial charge in [-0.15, -0.1) is 0 Å². The highest BCUT2D eigenvalue weighted by atomic mass is 16.4. The first-order valence-electron chi connectivity index (χ1n) is 5.18. The molecule has 0 aromatic carbocycles. The maximum Gasteiger partial charge on any atom is 0.305 e. The second-order valence-corrected chi connectivity index (χ2v) is 3.42. The first-order valence-corrected chi connectivity index (χ1v) is 5.18. The van der Waals surface area contributed by atoms with E-state index in [0.717, 1.165) is 6.42 Å². The van der Waals surface area contributed by atoms with Gasteiger partial charge in [0.1, 0.15) is 0 Å². The molecule has 0 fully saturated rings. The number of carbonyl (C=O) groups is 3. The van der Waals surface area contributed by atoms with Gasteiger partial charge >= 0.3 is 11.9 Å². The summed E-state index contributed by atoms with van der Waals surface area (Å²) in [4.78, 5) is 33.6. The molecule has 0 atom stereocenters. The van der Waals surface area contributed by atoms with Gasteiger partial charge in [-0.25, -0.2) is 0 Å². The van der Waals surface area contributed by atoms with Gasteiger partial charge in [0.05, 0.1) is 12.8 Å². The monoisotopic (exact) mass is 231 g/mol. The zero-order valence-electron chi connectivity index (χ0n) is 9.31. The van der Waals surface area contributed by atoms with E-state index in [-0.39, 0.29) is 31.7 Å². The van der Waals surface area contributed by atoms with Crippen molar-refractivity contribution in [2.24, 2.45) is 0 Å². The van der Waals surface area contributed by atoms with Crippen molar-refractivity contribution in [3.05, 3.63) is 0 Å². The molecule has 92 valence electrons. The van der Waals surface area contributed by atoms with Crippen LogP contribution in [0.1, 0.15) is 32.6 Å². The average Bonchev–Trinajstić information content (AvgIpc) is 2.20. The zero-order chi connectivity index (χ0) is 12.6. The predicted octanol–water partition coefficient (Wildman–Crippen LogP) is 0.564. The average molecular weight is 231 g/mol. The Morgan fingerprint density at radius 1 is 0.938 bits per heavy atom. The summed E-state index contributed by atoms with van der Waals surface area (Å²) in [6.45, 7) is 2.48. The van der Waals surface area contributed by atoms with Gasteiger partial charge in [0, 0.05) is 19.5 Å². The van der Waals surface area contributed by atoms with E-state index in [2.05, 4.69) is 0 Å². The molecule has 0 saturated heterocycles. The number of carboxylic acid groups (broad SMARTS) is 2. The van der Waals surface area contributed by atoms with Crippen LogP contribution in [0.15, 0.2) is 0 Å². The number of amides is 1. The van der Waals surface area contributed by atoms with Crippen LogP contribution in [0.5, 0.6) is 0 Å². The van der Waals surface area contributed by atoms with Crippen LogP contribution in [0.2, 0.25) is 0 Å². The number of carbonyl (C=O) groups excluding carboxylic acids is 1. The van der Waals surface area contributed by atoms with Crippen LogP contribution in [0.4, 0.5) is 0 Å². The highest BCUT2D eigenvalue weighted by Gasteiger charge is 2.14. The number of carboxylic acids is 2. The third-order valence-electron chi connectivity index (χ3n) is 1.99. The lowest BCUT2D eigenvalue weighted by Gasteiger charge is -2.20. The molecule has 0 aromatic rings. The Labute approximate surface area is 93.9 Å². The van der Waals surface area contributed by atoms with Crippen molar-refractivity contribution in [1.29, 1.82) is 0 Å². The molecular formula is C10H17NO5. The molecule has 0 aliphatic heterocycles. The Morgan fingerprint density at radius 3 is 1.94 bits per heavy atom. The van der Waals surface area contributed by atoms with Crippen LogP contribution in [0.3, 0.4) is 0 Å². The Morgan fingerprint density at radius 2 is 1.50 bits per heavy atom. The lowest BCUT2D eigenvalue weighted by Crippen LogP contribution is -2.33. The van der Waals surface area contributed by atoms with E-state index in [1.165, 1.54) is 4.90 Å². The molecule has 1 amide bonds. The van der Waals surface area contributed by atoms with Gasteiger partial charge in [-0.05, 0) is 6.42 Å². The predicted molar refractivity (Wildman–Crippen MR) is 56.0 cm³/mol. The molecule has 0 aromatic heterocycles. The largest absolute Gasteiger partial charge is 0.481 e. The second-order valence-electron chi connectivity index (χ2n) is 3.42. The minimum Gasteiger partial charge on any atom is -0.481 e. The molecule has 2 N–H and O–H groups in total. The number of hydrogen-bond acceptors (Lipinski definition) is 3. The molecule has 0 aliphatic carbocycles. The van der Waals surface area contributed by atoms with Crippen LogP contribution in [-0.4, -0.2) is 46.0 Å². The van der Waals surface area contributed by atoms with Crippen molar-refractivity contribution in [3.8, 4) is 0 Å². The summed E-state index contributed by atoms with van der Waals surface area (Å²) in [5.41, 5.74) is 0. The minimum absolute atomic E-state index is 0.0745. The quantitative estimate of drug-likeness (QED) is 0.636. The molecule has 6 heteroatoms. The lowest BCUT2D eigenvalue weighted by atomic mass is 10.2.